The summed E-state index contributed by atoms with van der Waals surface area (Å²) in [6.07, 6.45) is 1.77. The standard InChI is InChI=1S/C12H21N5O/c13-15-11-1-2-14-12(9-11)10-17-5-3-16(4-6-17)7-8-18/h1-2,9,18H,3-8,10,13H2,(H,14,15). The van der Waals surface area contributed by atoms with Gasteiger partial charge in [0.1, 0.15) is 0 Å². The zero-order valence-electron chi connectivity index (χ0n) is 10.5. The Kier molecular flexibility index (Phi) is 4.89. The number of anilines is 1. The van der Waals surface area contributed by atoms with E-state index in [0.29, 0.717) is 0 Å². The largest absolute Gasteiger partial charge is 0.395 e. The van der Waals surface area contributed by atoms with Gasteiger partial charge in [-0.25, -0.2) is 0 Å². The minimum Gasteiger partial charge on any atom is -0.395 e. The predicted octanol–water partition coefficient (Wildman–Crippen LogP) is -0.523. The summed E-state index contributed by atoms with van der Waals surface area (Å²) in [6, 6.07) is 3.82. The van der Waals surface area contributed by atoms with Crippen molar-refractivity contribution in [1.29, 1.82) is 0 Å². The van der Waals surface area contributed by atoms with E-state index in [1.165, 1.54) is 0 Å². The van der Waals surface area contributed by atoms with Gasteiger partial charge in [0.05, 0.1) is 18.0 Å². The van der Waals surface area contributed by atoms with E-state index in [0.717, 1.165) is 50.6 Å². The van der Waals surface area contributed by atoms with Crippen LogP contribution < -0.4 is 11.3 Å². The molecule has 1 fully saturated rings. The second kappa shape index (κ2) is 6.65. The van der Waals surface area contributed by atoms with Crippen molar-refractivity contribution >= 4 is 5.69 Å². The first-order valence-corrected chi connectivity index (χ1v) is 6.29. The second-order valence-electron chi connectivity index (χ2n) is 4.52. The molecule has 6 heteroatoms. The molecule has 0 spiro atoms. The maximum absolute atomic E-state index is 8.89. The molecule has 0 unspecified atom stereocenters. The summed E-state index contributed by atoms with van der Waals surface area (Å²) in [5.41, 5.74) is 4.55. The molecule has 0 radical (unpaired) electrons. The Balaban J connectivity index is 1.83. The number of aliphatic hydroxyl groups excluding tert-OH is 1. The van der Waals surface area contributed by atoms with Gasteiger partial charge in [0.2, 0.25) is 0 Å². The average molecular weight is 251 g/mol. The summed E-state index contributed by atoms with van der Waals surface area (Å²) in [5, 5.41) is 8.89. The van der Waals surface area contributed by atoms with Gasteiger partial charge >= 0.3 is 0 Å². The maximum Gasteiger partial charge on any atom is 0.0564 e. The van der Waals surface area contributed by atoms with Gasteiger partial charge in [0, 0.05) is 45.5 Å². The molecule has 100 valence electrons. The summed E-state index contributed by atoms with van der Waals surface area (Å²) in [5.74, 6) is 5.38. The number of piperazine rings is 1. The smallest absolute Gasteiger partial charge is 0.0564 e. The van der Waals surface area contributed by atoms with Gasteiger partial charge in [-0.1, -0.05) is 0 Å². The van der Waals surface area contributed by atoms with E-state index in [-0.39, 0.29) is 6.61 Å². The molecule has 0 bridgehead atoms. The van der Waals surface area contributed by atoms with Gasteiger partial charge in [0.25, 0.3) is 0 Å². The van der Waals surface area contributed by atoms with Gasteiger partial charge in [-0.15, -0.1) is 0 Å². The fraction of sp³-hybridized carbons (Fsp3) is 0.583. The molecule has 0 saturated carbocycles. The monoisotopic (exact) mass is 251 g/mol. The van der Waals surface area contributed by atoms with Crippen LogP contribution in [0.25, 0.3) is 0 Å². The van der Waals surface area contributed by atoms with Gasteiger partial charge in [-0.2, -0.15) is 0 Å². The number of hydrogen-bond donors (Lipinski definition) is 3. The van der Waals surface area contributed by atoms with E-state index in [4.69, 9.17) is 10.9 Å². The van der Waals surface area contributed by atoms with Gasteiger partial charge in [0.15, 0.2) is 0 Å². The molecule has 18 heavy (non-hydrogen) atoms. The minimum absolute atomic E-state index is 0.242. The number of nitrogen functional groups attached to an aromatic ring is 1. The Morgan fingerprint density at radius 1 is 1.28 bits per heavy atom. The molecule has 1 saturated heterocycles. The van der Waals surface area contributed by atoms with Crippen LogP contribution in [0.1, 0.15) is 5.69 Å². The van der Waals surface area contributed by atoms with E-state index in [1.807, 2.05) is 12.1 Å². The quantitative estimate of drug-likeness (QED) is 0.483. The van der Waals surface area contributed by atoms with E-state index < -0.39 is 0 Å². The third kappa shape index (κ3) is 3.64. The molecule has 0 aliphatic carbocycles. The Morgan fingerprint density at radius 2 is 2.00 bits per heavy atom. The van der Waals surface area contributed by atoms with Crippen molar-refractivity contribution in [3.05, 3.63) is 24.0 Å². The molecule has 1 aromatic heterocycles. The van der Waals surface area contributed by atoms with Crippen molar-refractivity contribution in [2.45, 2.75) is 6.54 Å². The lowest BCUT2D eigenvalue weighted by atomic mass is 10.2. The summed E-state index contributed by atoms with van der Waals surface area (Å²) in [7, 11) is 0. The van der Waals surface area contributed by atoms with Crippen LogP contribution in [0, 0.1) is 0 Å². The molecule has 2 rings (SSSR count). The lowest BCUT2D eigenvalue weighted by Crippen LogP contribution is -2.46. The van der Waals surface area contributed by atoms with Crippen molar-refractivity contribution in [2.75, 3.05) is 44.8 Å². The van der Waals surface area contributed by atoms with Crippen LogP contribution in [-0.2, 0) is 6.54 Å². The molecule has 4 N–H and O–H groups in total. The number of hydrogen-bond acceptors (Lipinski definition) is 6. The predicted molar refractivity (Wildman–Crippen MR) is 70.8 cm³/mol. The Bertz CT molecular complexity index is 365. The molecule has 2 heterocycles. The van der Waals surface area contributed by atoms with Gasteiger partial charge in [-0.05, 0) is 12.1 Å². The molecule has 0 atom stereocenters. The lowest BCUT2D eigenvalue weighted by Gasteiger charge is -2.34. The number of hydrazine groups is 1. The van der Waals surface area contributed by atoms with E-state index in [2.05, 4.69) is 20.2 Å². The second-order valence-corrected chi connectivity index (χ2v) is 4.52. The number of aliphatic hydroxyl groups is 1. The maximum atomic E-state index is 8.89. The summed E-state index contributed by atoms with van der Waals surface area (Å²) >= 11 is 0. The van der Waals surface area contributed by atoms with Crippen LogP contribution in [0.2, 0.25) is 0 Å². The first kappa shape index (κ1) is 13.2. The molecule has 1 aliphatic rings. The van der Waals surface area contributed by atoms with Gasteiger partial charge in [-0.3, -0.25) is 20.6 Å². The molecule has 1 aliphatic heterocycles. The number of nitrogens with one attached hydrogen (secondary N) is 1. The topological polar surface area (TPSA) is 77.7 Å². The normalized spacial score (nSPS) is 17.9. The molecular formula is C12H21N5O. The van der Waals surface area contributed by atoms with Crippen molar-refractivity contribution in [2.24, 2.45) is 5.84 Å². The first-order chi connectivity index (χ1) is 8.81. The Labute approximate surface area is 107 Å². The highest BCUT2D eigenvalue weighted by atomic mass is 16.3. The molecule has 1 aromatic rings. The average Bonchev–Trinajstić information content (AvgIpc) is 2.42. The zero-order chi connectivity index (χ0) is 12.8. The number of nitrogens with zero attached hydrogens (tertiary/aromatic N) is 3. The Hall–Kier alpha value is -1.21. The highest BCUT2D eigenvalue weighted by Gasteiger charge is 2.16. The molecule has 0 amide bonds. The fourth-order valence-corrected chi connectivity index (χ4v) is 2.20. The number of pyridine rings is 1. The van der Waals surface area contributed by atoms with Crippen molar-refractivity contribution < 1.29 is 5.11 Å². The third-order valence-electron chi connectivity index (χ3n) is 3.25. The van der Waals surface area contributed by atoms with E-state index in [1.54, 1.807) is 6.20 Å². The van der Waals surface area contributed by atoms with Crippen LogP contribution in [0.4, 0.5) is 5.69 Å². The Morgan fingerprint density at radius 3 is 2.67 bits per heavy atom. The molecular weight excluding hydrogens is 230 g/mol. The van der Waals surface area contributed by atoms with E-state index >= 15 is 0 Å². The van der Waals surface area contributed by atoms with Crippen molar-refractivity contribution in [3.63, 3.8) is 0 Å². The van der Waals surface area contributed by atoms with Crippen LogP contribution in [-0.4, -0.2) is 59.2 Å². The van der Waals surface area contributed by atoms with Crippen LogP contribution in [0.15, 0.2) is 18.3 Å². The lowest BCUT2D eigenvalue weighted by molar-refractivity contribution is 0.108. The SMILES string of the molecule is NNc1ccnc(CN2CCN(CCO)CC2)c1. The fourth-order valence-electron chi connectivity index (χ4n) is 2.20. The summed E-state index contributed by atoms with van der Waals surface area (Å²) < 4.78 is 0. The number of aromatic nitrogens is 1. The van der Waals surface area contributed by atoms with Crippen LogP contribution in [0.3, 0.4) is 0 Å². The van der Waals surface area contributed by atoms with Crippen molar-refractivity contribution in [3.8, 4) is 0 Å². The van der Waals surface area contributed by atoms with Crippen LogP contribution >= 0.6 is 0 Å². The molecule has 0 aromatic carbocycles. The number of nitrogens with two attached hydrogens (primary N) is 1. The number of rotatable bonds is 5. The van der Waals surface area contributed by atoms with Crippen molar-refractivity contribution in [1.82, 2.24) is 14.8 Å². The van der Waals surface area contributed by atoms with E-state index in [9.17, 15) is 0 Å². The summed E-state index contributed by atoms with van der Waals surface area (Å²) in [6.45, 7) is 5.92. The van der Waals surface area contributed by atoms with Crippen LogP contribution in [0.5, 0.6) is 0 Å². The molecule has 6 nitrogen and oxygen atoms in total. The highest BCUT2D eigenvalue weighted by molar-refractivity contribution is 5.41. The summed E-state index contributed by atoms with van der Waals surface area (Å²) in [4.78, 5) is 9.00. The zero-order valence-corrected chi connectivity index (χ0v) is 10.5. The third-order valence-corrected chi connectivity index (χ3v) is 3.25. The first-order valence-electron chi connectivity index (χ1n) is 6.29. The highest BCUT2D eigenvalue weighted by Crippen LogP contribution is 2.10. The van der Waals surface area contributed by atoms with Gasteiger partial charge < -0.3 is 10.5 Å². The number of β-amino-alcohol motifs (C(OH)–C–C–N with tert-alkyl or cyclic N) is 1. The minimum atomic E-state index is 0.242.